The molecule has 0 radical (unpaired) electrons. The van der Waals surface area contributed by atoms with Crippen molar-refractivity contribution < 1.29 is 48.6 Å². The van der Waals surface area contributed by atoms with E-state index in [2.05, 4.69) is 72.7 Å². The molecule has 1 aliphatic heterocycles. The van der Waals surface area contributed by atoms with E-state index in [1.54, 1.807) is 55.4 Å². The molecule has 0 amide bonds. The fraction of sp³-hybridized carbons (Fsp3) is 0.391. The van der Waals surface area contributed by atoms with E-state index in [-0.39, 0.29) is 59.5 Å². The third-order valence-electron chi connectivity index (χ3n) is 22.1. The van der Waals surface area contributed by atoms with E-state index in [1.165, 1.54) is 0 Å². The van der Waals surface area contributed by atoms with Crippen LogP contribution in [0.15, 0.2) is 146 Å². The molecule has 18 heteroatoms. The number of rotatable bonds is 29. The van der Waals surface area contributed by atoms with Crippen LogP contribution in [-0.2, 0) is 26.2 Å². The lowest BCUT2D eigenvalue weighted by Gasteiger charge is -2.31. The first-order valence-electron chi connectivity index (χ1n) is 38.9. The molecule has 13 rings (SSSR count). The maximum absolute atomic E-state index is 11.9. The van der Waals surface area contributed by atoms with E-state index in [4.69, 9.17) is 5.11 Å². The highest BCUT2D eigenvalue weighted by atomic mass is 16.3. The first kappa shape index (κ1) is 82.6. The van der Waals surface area contributed by atoms with Gasteiger partial charge in [-0.2, -0.15) is 0 Å². The van der Waals surface area contributed by atoms with Gasteiger partial charge in [-0.3, -0.25) is 38.4 Å². The van der Waals surface area contributed by atoms with Crippen molar-refractivity contribution >= 4 is 133 Å². The van der Waals surface area contributed by atoms with Crippen molar-refractivity contribution in [2.24, 2.45) is 5.92 Å². The highest BCUT2D eigenvalue weighted by molar-refractivity contribution is 6.17. The summed E-state index contributed by atoms with van der Waals surface area (Å²) >= 11 is 0. The van der Waals surface area contributed by atoms with Crippen LogP contribution in [0.1, 0.15) is 198 Å². The fourth-order valence-corrected chi connectivity index (χ4v) is 15.3. The number of aliphatic hydroxyl groups excluding tert-OH is 2. The van der Waals surface area contributed by atoms with Crippen LogP contribution in [0.3, 0.4) is 0 Å². The van der Waals surface area contributed by atoms with Gasteiger partial charge in [0.05, 0.1) is 6.61 Å². The molecule has 1 aliphatic rings. The molecule has 1 saturated heterocycles. The lowest BCUT2D eigenvalue weighted by atomic mass is 9.99. The monoisotopic (exact) mass is 1490 g/mol. The lowest BCUT2D eigenvalue weighted by Crippen LogP contribution is -2.37. The summed E-state index contributed by atoms with van der Waals surface area (Å²) in [5.74, 6) is 0.783. The molecule has 12 aromatic rings. The first-order valence-corrected chi connectivity index (χ1v) is 38.9. The number of aromatic nitrogens is 4. The number of Topliss-reactive ketones (excluding diaryl/α,β-unsaturated/α-hetero) is 8. The Bertz CT molecular complexity index is 5150. The number of ketones is 8. The molecule has 110 heavy (non-hydrogen) atoms. The number of likely N-dealkylation sites (tertiary alicyclic amines) is 1. The number of aryl methyl sites for hydroxylation is 4. The number of carbonyl (C=O) groups is 8. The Kier molecular flexibility index (Phi) is 27.9. The maximum atomic E-state index is 11.9. The topological polar surface area (TPSA) is 210 Å². The molecular formula is C92H110N8O10. The number of carbonyl (C=O) groups excluding carboxylic acids is 8. The van der Waals surface area contributed by atoms with Gasteiger partial charge < -0.3 is 48.1 Å². The second-order valence-corrected chi connectivity index (χ2v) is 30.3. The van der Waals surface area contributed by atoms with Crippen LogP contribution in [0.2, 0.25) is 0 Å². The van der Waals surface area contributed by atoms with Crippen LogP contribution in [0.25, 0.3) is 87.2 Å². The largest absolute Gasteiger partial charge is 0.396 e. The molecule has 0 bridgehead atoms. The zero-order valence-electron chi connectivity index (χ0n) is 66.9. The van der Waals surface area contributed by atoms with Crippen molar-refractivity contribution in [2.75, 3.05) is 86.7 Å². The van der Waals surface area contributed by atoms with Crippen LogP contribution in [-0.4, -0.2) is 187 Å². The predicted octanol–water partition coefficient (Wildman–Crippen LogP) is 17.3. The minimum Gasteiger partial charge on any atom is -0.396 e. The molecule has 5 heterocycles. The van der Waals surface area contributed by atoms with Crippen molar-refractivity contribution in [2.45, 2.75) is 147 Å². The Labute approximate surface area is 646 Å². The van der Waals surface area contributed by atoms with Crippen LogP contribution in [0.5, 0.6) is 0 Å². The molecule has 0 aliphatic carbocycles. The molecule has 1 unspecified atom stereocenters. The Morgan fingerprint density at radius 1 is 0.364 bits per heavy atom. The standard InChI is InChI=1S/C25H30N2O3.C23H28N2O2.C22H26N2O3.C22H26N2O2/c1-17(29)20-6-8-24-22(13-20)23-14-21(18(2)30)7-9-25(23)27(24)12-4-11-26-10-3-5-19(15-26)16-28;1-15(2)24(5)11-6-12-25-22-9-7-18(16(3)26)13-20(22)21-14-19(17(4)27)8-10-23(21)25;1-15(26)17-5-7-21-19(13-17)20-14-18(16(2)27)6-8-22(20)24(21)10-4-9-23(3)11-12-25;1-5-23(4)11-6-12-24-21-9-7-17(15(2)25)13-19(21)20-14-18(16(3)26)8-10-22(20)24/h6-9,13-14,19,28H,3-5,10-12,15-16H2,1-2H3;7-10,13-15H,6,11-12H2,1-5H3;5-8,13-14,25H,4,9-12H2,1-3H3;7-10,13-14H,5-6,11-12H2,1-4H3. The Morgan fingerprint density at radius 2 is 0.618 bits per heavy atom. The minimum atomic E-state index is 0.0335. The zero-order chi connectivity index (χ0) is 79.4. The number of piperidine rings is 1. The molecule has 1 atom stereocenters. The summed E-state index contributed by atoms with van der Waals surface area (Å²) in [6.45, 7) is 30.9. The Hall–Kier alpha value is -9.92. The van der Waals surface area contributed by atoms with Gasteiger partial charge in [-0.1, -0.05) is 6.92 Å². The van der Waals surface area contributed by atoms with E-state index in [0.717, 1.165) is 198 Å². The number of nitrogens with zero attached hydrogens (tertiary/aromatic N) is 8. The van der Waals surface area contributed by atoms with Crippen molar-refractivity contribution in [1.29, 1.82) is 0 Å². The first-order chi connectivity index (χ1) is 52.6. The van der Waals surface area contributed by atoms with Gasteiger partial charge in [-0.15, -0.1) is 0 Å². The summed E-state index contributed by atoms with van der Waals surface area (Å²) in [7, 11) is 6.28. The third kappa shape index (κ3) is 19.3. The Balaban J connectivity index is 0.000000156. The van der Waals surface area contributed by atoms with Gasteiger partial charge in [0.2, 0.25) is 0 Å². The molecule has 578 valence electrons. The SMILES string of the molecule is CC(=O)c1ccc2c(c1)c1cc(C(C)=O)ccc1n2CCCN(C)C(C)C.CC(=O)c1ccc2c(c1)c1cc(C(C)=O)ccc1n2CCCN(C)CCO.CC(=O)c1ccc2c(c1)c1cc(C(C)=O)ccc1n2CCCN1CCCC(CO)C1.CCN(C)CCCn1c2ccc(C(C)=O)cc2c2cc(C(C)=O)ccc21. The van der Waals surface area contributed by atoms with Gasteiger partial charge in [0.25, 0.3) is 0 Å². The van der Waals surface area contributed by atoms with E-state index >= 15 is 0 Å². The van der Waals surface area contributed by atoms with Gasteiger partial charge in [0.1, 0.15) is 0 Å². The van der Waals surface area contributed by atoms with Gasteiger partial charge >= 0.3 is 0 Å². The number of likely N-dealkylation sites (N-methyl/N-ethyl adjacent to an activating group) is 1. The minimum absolute atomic E-state index is 0.0335. The second-order valence-electron chi connectivity index (χ2n) is 30.3. The normalized spacial score (nSPS) is 13.3. The van der Waals surface area contributed by atoms with Gasteiger partial charge in [0.15, 0.2) is 46.3 Å². The smallest absolute Gasteiger partial charge is 0.159 e. The summed E-state index contributed by atoms with van der Waals surface area (Å²) in [6, 6.07) is 47.4. The van der Waals surface area contributed by atoms with E-state index in [9.17, 15) is 43.5 Å². The van der Waals surface area contributed by atoms with E-state index < -0.39 is 0 Å². The molecule has 8 aromatic carbocycles. The molecule has 0 spiro atoms. The number of hydrogen-bond donors (Lipinski definition) is 2. The summed E-state index contributed by atoms with van der Waals surface area (Å²) in [4.78, 5) is 104. The predicted molar refractivity (Wildman–Crippen MR) is 448 cm³/mol. The van der Waals surface area contributed by atoms with Gasteiger partial charge in [-0.25, -0.2) is 0 Å². The van der Waals surface area contributed by atoms with E-state index in [0.29, 0.717) is 63.0 Å². The van der Waals surface area contributed by atoms with E-state index in [1.807, 2.05) is 153 Å². The van der Waals surface area contributed by atoms with Crippen LogP contribution in [0.4, 0.5) is 0 Å². The zero-order valence-corrected chi connectivity index (χ0v) is 66.9. The van der Waals surface area contributed by atoms with Crippen molar-refractivity contribution in [3.8, 4) is 0 Å². The summed E-state index contributed by atoms with van der Waals surface area (Å²) in [6.07, 6.45) is 6.32. The number of hydrogen-bond acceptors (Lipinski definition) is 14. The Morgan fingerprint density at radius 3 is 0.855 bits per heavy atom. The average Bonchev–Trinajstić information content (AvgIpc) is 1.63. The van der Waals surface area contributed by atoms with Crippen LogP contribution >= 0.6 is 0 Å². The third-order valence-corrected chi connectivity index (χ3v) is 22.1. The quantitative estimate of drug-likeness (QED) is 0.0418. The molecule has 4 aromatic heterocycles. The summed E-state index contributed by atoms with van der Waals surface area (Å²) in [5, 5.41) is 26.7. The summed E-state index contributed by atoms with van der Waals surface area (Å²) < 4.78 is 9.19. The molecule has 2 N–H and O–H groups in total. The number of benzene rings is 8. The highest BCUT2D eigenvalue weighted by Crippen LogP contribution is 2.36. The number of aliphatic hydroxyl groups is 2. The van der Waals surface area contributed by atoms with Crippen molar-refractivity contribution in [1.82, 2.24) is 37.9 Å². The van der Waals surface area contributed by atoms with Gasteiger partial charge in [0, 0.05) is 184 Å². The maximum Gasteiger partial charge on any atom is 0.159 e. The van der Waals surface area contributed by atoms with Crippen molar-refractivity contribution in [3.05, 3.63) is 190 Å². The number of fused-ring (bicyclic) bond motifs is 12. The average molecular weight is 1490 g/mol. The van der Waals surface area contributed by atoms with Crippen LogP contribution < -0.4 is 0 Å². The molecule has 1 fully saturated rings. The lowest BCUT2D eigenvalue weighted by molar-refractivity contribution is 0.100. The molecule has 0 saturated carbocycles. The second kappa shape index (κ2) is 37.2. The fourth-order valence-electron chi connectivity index (χ4n) is 15.3. The van der Waals surface area contributed by atoms with Crippen LogP contribution in [0, 0.1) is 5.92 Å². The molecular weight excluding hydrogens is 1380 g/mol. The summed E-state index contributed by atoms with van der Waals surface area (Å²) in [5.41, 5.74) is 14.4. The highest BCUT2D eigenvalue weighted by Gasteiger charge is 2.23. The van der Waals surface area contributed by atoms with Crippen molar-refractivity contribution in [3.63, 3.8) is 0 Å². The molecule has 18 nitrogen and oxygen atoms in total. The van der Waals surface area contributed by atoms with Gasteiger partial charge in [-0.05, 0) is 320 Å².